The average Bonchev–Trinajstić information content (AvgIpc) is 3.41. The normalized spacial score (nSPS) is 21.4. The fourth-order valence-electron chi connectivity index (χ4n) is 4.41. The Morgan fingerprint density at radius 3 is 2.58 bits per heavy atom. The summed E-state index contributed by atoms with van der Waals surface area (Å²) in [6, 6.07) is 6.12. The van der Waals surface area contributed by atoms with Crippen molar-refractivity contribution >= 4 is 28.9 Å². The van der Waals surface area contributed by atoms with Gasteiger partial charge in [0.2, 0.25) is 5.82 Å². The van der Waals surface area contributed by atoms with E-state index in [1.165, 1.54) is 5.71 Å². The first kappa shape index (κ1) is 20.1. The molecule has 0 spiro atoms. The fourth-order valence-corrected chi connectivity index (χ4v) is 4.41. The first-order valence-electron chi connectivity index (χ1n) is 10.8. The molecule has 3 aliphatic heterocycles. The summed E-state index contributed by atoms with van der Waals surface area (Å²) in [5.41, 5.74) is 4.23. The van der Waals surface area contributed by atoms with E-state index in [9.17, 15) is 0 Å². The van der Waals surface area contributed by atoms with Crippen molar-refractivity contribution in [3.63, 3.8) is 0 Å². The minimum atomic E-state index is 0.598. The molecular formula is C23H29N6O2+. The van der Waals surface area contributed by atoms with Crippen LogP contribution in [0.4, 0.5) is 17.3 Å². The Bertz CT molecular complexity index is 1080. The largest absolute Gasteiger partial charge is 0.497 e. The number of likely N-dealkylation sites (N-methyl/N-ethyl adjacent to an activating group) is 1. The minimum absolute atomic E-state index is 0.598. The molecule has 0 aliphatic carbocycles. The number of aliphatic imine (C=N–C) groups is 1. The lowest BCUT2D eigenvalue weighted by Gasteiger charge is -2.32. The van der Waals surface area contributed by atoms with Crippen LogP contribution in [0.1, 0.15) is 23.4 Å². The molecule has 2 saturated heterocycles. The molecule has 162 valence electrons. The second kappa shape index (κ2) is 8.01. The zero-order valence-corrected chi connectivity index (χ0v) is 18.7. The number of hydrogen-bond donors (Lipinski definition) is 0. The van der Waals surface area contributed by atoms with Crippen LogP contribution >= 0.6 is 0 Å². The molecule has 0 saturated carbocycles. The van der Waals surface area contributed by atoms with Gasteiger partial charge in [-0.1, -0.05) is 9.98 Å². The Morgan fingerprint density at radius 1 is 1.10 bits per heavy atom. The lowest BCUT2D eigenvalue weighted by atomic mass is 10.1. The topological polar surface area (TPSA) is 66.1 Å². The van der Waals surface area contributed by atoms with Crippen LogP contribution in [0.15, 0.2) is 23.2 Å². The molecule has 0 amide bonds. The summed E-state index contributed by atoms with van der Waals surface area (Å²) in [6.07, 6.45) is 0.876. The third-order valence-corrected chi connectivity index (χ3v) is 6.20. The van der Waals surface area contributed by atoms with Crippen molar-refractivity contribution in [3.8, 4) is 5.75 Å². The number of fused-ring (bicyclic) bond motifs is 1. The molecule has 0 unspecified atom stereocenters. The maximum Gasteiger partial charge on any atom is 0.316 e. The van der Waals surface area contributed by atoms with E-state index in [2.05, 4.69) is 34.4 Å². The maximum absolute atomic E-state index is 5.71. The van der Waals surface area contributed by atoms with Gasteiger partial charge in [-0.2, -0.15) is 9.56 Å². The van der Waals surface area contributed by atoms with Crippen LogP contribution in [0.25, 0.3) is 0 Å². The van der Waals surface area contributed by atoms with E-state index in [1.807, 2.05) is 19.1 Å². The van der Waals surface area contributed by atoms with Gasteiger partial charge in [-0.25, -0.2) is 0 Å². The molecule has 0 radical (unpaired) electrons. The molecule has 2 aromatic rings. The van der Waals surface area contributed by atoms with Gasteiger partial charge in [-0.3, -0.25) is 0 Å². The Kier molecular flexibility index (Phi) is 5.19. The molecule has 31 heavy (non-hydrogen) atoms. The van der Waals surface area contributed by atoms with Crippen LogP contribution in [-0.2, 0) is 4.74 Å². The number of methoxy groups -OCH3 is 1. The van der Waals surface area contributed by atoms with Crippen molar-refractivity contribution < 1.29 is 14.0 Å². The minimum Gasteiger partial charge on any atom is -0.497 e. The fraction of sp³-hybridized carbons (Fsp3) is 0.478. The van der Waals surface area contributed by atoms with E-state index < -0.39 is 0 Å². The van der Waals surface area contributed by atoms with Crippen molar-refractivity contribution in [2.75, 3.05) is 58.5 Å². The molecule has 8 nitrogen and oxygen atoms in total. The van der Waals surface area contributed by atoms with Gasteiger partial charge >= 0.3 is 5.82 Å². The highest BCUT2D eigenvalue weighted by Gasteiger charge is 2.40. The summed E-state index contributed by atoms with van der Waals surface area (Å²) in [6.45, 7) is 9.28. The zero-order chi connectivity index (χ0) is 21.5. The van der Waals surface area contributed by atoms with Crippen molar-refractivity contribution in [3.05, 3.63) is 35.2 Å². The third-order valence-electron chi connectivity index (χ3n) is 6.20. The number of piperazine rings is 1. The maximum atomic E-state index is 5.71. The molecule has 8 heteroatoms. The van der Waals surface area contributed by atoms with E-state index in [4.69, 9.17) is 24.4 Å². The van der Waals surface area contributed by atoms with Crippen LogP contribution in [0.2, 0.25) is 0 Å². The lowest BCUT2D eigenvalue weighted by Crippen LogP contribution is -2.44. The number of benzene rings is 1. The van der Waals surface area contributed by atoms with E-state index >= 15 is 0 Å². The standard InChI is InChI=1S/C23H29N6O2/c1-15-13-18(30-4)5-6-19(15)21-26-20-22(28-10-8-27(3)9-11-28)24-16(2)25-23(20)29(21)17-7-12-31-14-17/h5-6,13H,7-12,14H2,1-4H3/q+1. The smallest absolute Gasteiger partial charge is 0.316 e. The van der Waals surface area contributed by atoms with Crippen molar-refractivity contribution in [2.24, 2.45) is 4.99 Å². The molecule has 5 rings (SSSR count). The summed E-state index contributed by atoms with van der Waals surface area (Å²) >= 11 is 0. The average molecular weight is 422 g/mol. The summed E-state index contributed by atoms with van der Waals surface area (Å²) < 4.78 is 13.3. The molecule has 3 aliphatic rings. The van der Waals surface area contributed by atoms with Gasteiger partial charge in [0.25, 0.3) is 11.5 Å². The van der Waals surface area contributed by atoms with E-state index in [-0.39, 0.29) is 0 Å². The summed E-state index contributed by atoms with van der Waals surface area (Å²) in [4.78, 5) is 19.5. The second-order valence-corrected chi connectivity index (χ2v) is 8.38. The van der Waals surface area contributed by atoms with Gasteiger partial charge in [-0.15, -0.1) is 0 Å². The number of hydrogen-bond acceptors (Lipinski definition) is 7. The van der Waals surface area contributed by atoms with Crippen LogP contribution in [-0.4, -0.2) is 84.5 Å². The van der Waals surface area contributed by atoms with Crippen molar-refractivity contribution in [1.82, 2.24) is 14.9 Å². The highest BCUT2D eigenvalue weighted by molar-refractivity contribution is 6.06. The SMILES string of the molecule is COc1ccc(C2=Nc3c(N4CCN(C)CC4)nc(C)nc3[N+]2=C2CCOC2)c(C)c1. The molecule has 1 aromatic carbocycles. The first-order valence-corrected chi connectivity index (χ1v) is 10.8. The summed E-state index contributed by atoms with van der Waals surface area (Å²) in [5.74, 6) is 4.30. The van der Waals surface area contributed by atoms with E-state index in [1.54, 1.807) is 7.11 Å². The predicted molar refractivity (Wildman–Crippen MR) is 121 cm³/mol. The third kappa shape index (κ3) is 3.59. The van der Waals surface area contributed by atoms with Gasteiger partial charge in [0.05, 0.1) is 31.6 Å². The van der Waals surface area contributed by atoms with Gasteiger partial charge in [0, 0.05) is 39.5 Å². The highest BCUT2D eigenvalue weighted by atomic mass is 16.5. The van der Waals surface area contributed by atoms with Gasteiger partial charge in [0.15, 0.2) is 5.82 Å². The Balaban J connectivity index is 1.68. The predicted octanol–water partition coefficient (Wildman–Crippen LogP) is 2.45. The van der Waals surface area contributed by atoms with Crippen LogP contribution in [0.5, 0.6) is 5.75 Å². The first-order chi connectivity index (χ1) is 15.0. The number of aryl methyl sites for hydroxylation is 2. The molecule has 0 bridgehead atoms. The molecule has 0 N–H and O–H groups in total. The van der Waals surface area contributed by atoms with Gasteiger partial charge < -0.3 is 19.3 Å². The van der Waals surface area contributed by atoms with E-state index in [0.717, 1.165) is 85.1 Å². The summed E-state index contributed by atoms with van der Waals surface area (Å²) in [5, 5.41) is 0. The van der Waals surface area contributed by atoms with Crippen molar-refractivity contribution in [2.45, 2.75) is 20.3 Å². The number of amidine groups is 1. The molecule has 1 aromatic heterocycles. The van der Waals surface area contributed by atoms with Crippen LogP contribution in [0.3, 0.4) is 0 Å². The quantitative estimate of drug-likeness (QED) is 0.710. The van der Waals surface area contributed by atoms with E-state index in [0.29, 0.717) is 6.61 Å². The van der Waals surface area contributed by atoms with Crippen LogP contribution < -0.4 is 9.64 Å². The summed E-state index contributed by atoms with van der Waals surface area (Å²) in [7, 11) is 3.85. The molecule has 2 fully saturated rings. The van der Waals surface area contributed by atoms with Crippen molar-refractivity contribution in [1.29, 1.82) is 0 Å². The number of aromatic nitrogens is 2. The second-order valence-electron chi connectivity index (χ2n) is 8.38. The highest BCUT2D eigenvalue weighted by Crippen LogP contribution is 2.42. The molecular weight excluding hydrogens is 392 g/mol. The zero-order valence-electron chi connectivity index (χ0n) is 18.7. The Hall–Kier alpha value is -2.84. The monoisotopic (exact) mass is 421 g/mol. The molecule has 0 atom stereocenters. The van der Waals surface area contributed by atoms with Gasteiger partial charge in [0.1, 0.15) is 5.75 Å². The lowest BCUT2D eigenvalue weighted by molar-refractivity contribution is -0.307. The number of ether oxygens (including phenoxy) is 2. The Morgan fingerprint density at radius 2 is 1.90 bits per heavy atom. The Labute approximate surface area is 182 Å². The molecule has 4 heterocycles. The number of rotatable bonds is 3. The van der Waals surface area contributed by atoms with Crippen LogP contribution in [0, 0.1) is 13.8 Å². The number of anilines is 1. The number of nitrogens with zero attached hydrogens (tertiary/aromatic N) is 6. The van der Waals surface area contributed by atoms with Gasteiger partial charge in [-0.05, 0) is 37.7 Å².